The van der Waals surface area contributed by atoms with Crippen molar-refractivity contribution in [2.24, 2.45) is 0 Å². The molecule has 116 valence electrons. The number of nitrogens with zero attached hydrogens (tertiary/aromatic N) is 5. The summed E-state index contributed by atoms with van der Waals surface area (Å²) in [5, 5.41) is 0. The molecule has 23 heavy (non-hydrogen) atoms. The fraction of sp³-hybridized carbons (Fsp3) is 0.278. The molecule has 5 heteroatoms. The molecule has 5 nitrogen and oxygen atoms in total. The van der Waals surface area contributed by atoms with Gasteiger partial charge in [-0.1, -0.05) is 0 Å². The van der Waals surface area contributed by atoms with E-state index in [4.69, 9.17) is 4.98 Å². The number of piperazine rings is 1. The molecule has 0 unspecified atom stereocenters. The van der Waals surface area contributed by atoms with Crippen LogP contribution in [0.2, 0.25) is 0 Å². The van der Waals surface area contributed by atoms with Crippen molar-refractivity contribution >= 4 is 16.9 Å². The average Bonchev–Trinajstić information content (AvgIpc) is 2.62. The van der Waals surface area contributed by atoms with Crippen LogP contribution in [0.25, 0.3) is 22.2 Å². The molecule has 0 saturated carbocycles. The Bertz CT molecular complexity index is 810. The molecule has 1 saturated heterocycles. The standard InChI is InChI=1S/C18H19N5/c1-22-10-12-23(13-11-22)17-3-2-16-18(21-17)15(6-9-20-16)14-4-7-19-8-5-14/h2-9H,10-13H2,1H3. The van der Waals surface area contributed by atoms with Crippen LogP contribution in [0.5, 0.6) is 0 Å². The van der Waals surface area contributed by atoms with Crippen LogP contribution in [-0.4, -0.2) is 53.1 Å². The molecule has 3 aromatic rings. The summed E-state index contributed by atoms with van der Waals surface area (Å²) < 4.78 is 0. The number of likely N-dealkylation sites (N-methyl/N-ethyl adjacent to an activating group) is 1. The molecule has 4 heterocycles. The summed E-state index contributed by atoms with van der Waals surface area (Å²) >= 11 is 0. The van der Waals surface area contributed by atoms with Crippen molar-refractivity contribution in [1.82, 2.24) is 19.9 Å². The van der Waals surface area contributed by atoms with Gasteiger partial charge in [-0.15, -0.1) is 0 Å². The van der Waals surface area contributed by atoms with E-state index in [1.807, 2.05) is 36.8 Å². The number of pyridine rings is 3. The number of hydrogen-bond acceptors (Lipinski definition) is 5. The highest BCUT2D eigenvalue weighted by atomic mass is 15.3. The van der Waals surface area contributed by atoms with Crippen molar-refractivity contribution in [2.45, 2.75) is 0 Å². The first kappa shape index (κ1) is 14.1. The maximum Gasteiger partial charge on any atom is 0.129 e. The molecular formula is C18H19N5. The summed E-state index contributed by atoms with van der Waals surface area (Å²) in [7, 11) is 2.16. The monoisotopic (exact) mass is 305 g/mol. The van der Waals surface area contributed by atoms with Crippen LogP contribution in [-0.2, 0) is 0 Å². The van der Waals surface area contributed by atoms with Crippen LogP contribution in [0.3, 0.4) is 0 Å². The Kier molecular flexibility index (Phi) is 3.63. The number of fused-ring (bicyclic) bond motifs is 1. The van der Waals surface area contributed by atoms with E-state index in [2.05, 4.69) is 38.9 Å². The molecule has 0 aromatic carbocycles. The Hall–Kier alpha value is -2.53. The number of hydrogen-bond donors (Lipinski definition) is 0. The molecule has 0 spiro atoms. The second-order valence-electron chi connectivity index (χ2n) is 5.92. The molecule has 1 fully saturated rings. The van der Waals surface area contributed by atoms with Gasteiger partial charge in [0, 0.05) is 50.3 Å². The fourth-order valence-electron chi connectivity index (χ4n) is 2.99. The van der Waals surface area contributed by atoms with Crippen molar-refractivity contribution in [1.29, 1.82) is 0 Å². The number of anilines is 1. The largest absolute Gasteiger partial charge is 0.354 e. The molecule has 0 radical (unpaired) electrons. The van der Waals surface area contributed by atoms with Gasteiger partial charge in [-0.25, -0.2) is 4.98 Å². The third kappa shape index (κ3) is 2.75. The Morgan fingerprint density at radius 1 is 0.870 bits per heavy atom. The summed E-state index contributed by atoms with van der Waals surface area (Å²) in [6, 6.07) is 10.2. The van der Waals surface area contributed by atoms with Gasteiger partial charge < -0.3 is 9.80 Å². The molecule has 4 rings (SSSR count). The topological polar surface area (TPSA) is 45.2 Å². The smallest absolute Gasteiger partial charge is 0.129 e. The molecule has 0 atom stereocenters. The minimum absolute atomic E-state index is 0.928. The Labute approximate surface area is 135 Å². The molecule has 0 N–H and O–H groups in total. The minimum Gasteiger partial charge on any atom is -0.354 e. The van der Waals surface area contributed by atoms with E-state index in [9.17, 15) is 0 Å². The highest BCUT2D eigenvalue weighted by molar-refractivity contribution is 5.91. The van der Waals surface area contributed by atoms with E-state index < -0.39 is 0 Å². The lowest BCUT2D eigenvalue weighted by molar-refractivity contribution is 0.312. The predicted octanol–water partition coefficient (Wildman–Crippen LogP) is 2.44. The Balaban J connectivity index is 1.78. The second kappa shape index (κ2) is 5.93. The van der Waals surface area contributed by atoms with Crippen molar-refractivity contribution in [3.8, 4) is 11.1 Å². The lowest BCUT2D eigenvalue weighted by atomic mass is 10.1. The van der Waals surface area contributed by atoms with Crippen LogP contribution < -0.4 is 4.90 Å². The summed E-state index contributed by atoms with van der Waals surface area (Å²) in [5.74, 6) is 1.04. The zero-order valence-electron chi connectivity index (χ0n) is 13.2. The lowest BCUT2D eigenvalue weighted by Crippen LogP contribution is -2.44. The van der Waals surface area contributed by atoms with Crippen molar-refractivity contribution in [3.05, 3.63) is 48.9 Å². The summed E-state index contributed by atoms with van der Waals surface area (Å²) in [4.78, 5) is 18.2. The molecule has 0 bridgehead atoms. The third-order valence-corrected chi connectivity index (χ3v) is 4.39. The Morgan fingerprint density at radius 2 is 1.65 bits per heavy atom. The lowest BCUT2D eigenvalue weighted by Gasteiger charge is -2.33. The zero-order chi connectivity index (χ0) is 15.6. The normalized spacial score (nSPS) is 16.0. The molecule has 1 aliphatic rings. The van der Waals surface area contributed by atoms with Crippen LogP contribution in [0, 0.1) is 0 Å². The van der Waals surface area contributed by atoms with E-state index in [0.29, 0.717) is 0 Å². The van der Waals surface area contributed by atoms with Gasteiger partial charge in [-0.3, -0.25) is 9.97 Å². The first-order valence-electron chi connectivity index (χ1n) is 7.91. The summed E-state index contributed by atoms with van der Waals surface area (Å²) in [6.45, 7) is 4.17. The summed E-state index contributed by atoms with van der Waals surface area (Å²) in [5.41, 5.74) is 4.11. The van der Waals surface area contributed by atoms with E-state index in [1.54, 1.807) is 0 Å². The van der Waals surface area contributed by atoms with Crippen LogP contribution in [0.15, 0.2) is 48.9 Å². The molecule has 1 aliphatic heterocycles. The average molecular weight is 305 g/mol. The van der Waals surface area contributed by atoms with Gasteiger partial charge in [-0.2, -0.15) is 0 Å². The van der Waals surface area contributed by atoms with Gasteiger partial charge in [0.2, 0.25) is 0 Å². The molecular weight excluding hydrogens is 286 g/mol. The highest BCUT2D eigenvalue weighted by Gasteiger charge is 2.16. The number of rotatable bonds is 2. The second-order valence-corrected chi connectivity index (χ2v) is 5.92. The molecule has 0 aliphatic carbocycles. The highest BCUT2D eigenvalue weighted by Crippen LogP contribution is 2.27. The van der Waals surface area contributed by atoms with E-state index in [1.165, 1.54) is 0 Å². The predicted molar refractivity (Wildman–Crippen MR) is 92.5 cm³/mol. The zero-order valence-corrected chi connectivity index (χ0v) is 13.2. The van der Waals surface area contributed by atoms with Gasteiger partial charge in [0.05, 0.1) is 11.0 Å². The minimum atomic E-state index is 0.928. The maximum atomic E-state index is 4.92. The van der Waals surface area contributed by atoms with Gasteiger partial charge in [-0.05, 0) is 42.9 Å². The molecule has 0 amide bonds. The maximum absolute atomic E-state index is 4.92. The summed E-state index contributed by atoms with van der Waals surface area (Å²) in [6.07, 6.45) is 5.47. The van der Waals surface area contributed by atoms with E-state index >= 15 is 0 Å². The van der Waals surface area contributed by atoms with Crippen LogP contribution >= 0.6 is 0 Å². The van der Waals surface area contributed by atoms with Gasteiger partial charge >= 0.3 is 0 Å². The van der Waals surface area contributed by atoms with Gasteiger partial charge in [0.15, 0.2) is 0 Å². The van der Waals surface area contributed by atoms with Crippen molar-refractivity contribution in [2.75, 3.05) is 38.1 Å². The first-order chi connectivity index (χ1) is 11.3. The quantitative estimate of drug-likeness (QED) is 0.727. The SMILES string of the molecule is CN1CCN(c2ccc3nccc(-c4ccncc4)c3n2)CC1. The first-order valence-corrected chi connectivity index (χ1v) is 7.91. The van der Waals surface area contributed by atoms with E-state index in [-0.39, 0.29) is 0 Å². The van der Waals surface area contributed by atoms with Gasteiger partial charge in [0.1, 0.15) is 5.82 Å². The van der Waals surface area contributed by atoms with Crippen molar-refractivity contribution < 1.29 is 0 Å². The van der Waals surface area contributed by atoms with Crippen LogP contribution in [0.4, 0.5) is 5.82 Å². The third-order valence-electron chi connectivity index (χ3n) is 4.39. The number of aromatic nitrogens is 3. The fourth-order valence-corrected chi connectivity index (χ4v) is 2.99. The van der Waals surface area contributed by atoms with E-state index in [0.717, 1.165) is 54.2 Å². The van der Waals surface area contributed by atoms with Gasteiger partial charge in [0.25, 0.3) is 0 Å². The molecule has 3 aromatic heterocycles. The Morgan fingerprint density at radius 3 is 2.43 bits per heavy atom. The van der Waals surface area contributed by atoms with Crippen molar-refractivity contribution in [3.63, 3.8) is 0 Å². The van der Waals surface area contributed by atoms with Crippen LogP contribution in [0.1, 0.15) is 0 Å².